The SMILES string of the molecule is c1ccc(-c2ccccc2-c2ccc(N(c3ccc(-c4ccccc4-c4cc5ccccc5o4)cc3)c3ccc4ccccc4c3)cc2)cc1. The van der Waals surface area contributed by atoms with Gasteiger partial charge >= 0.3 is 0 Å². The summed E-state index contributed by atoms with van der Waals surface area (Å²) in [6, 6.07) is 71.1. The molecule has 0 spiro atoms. The third-order valence-electron chi connectivity index (χ3n) is 9.49. The van der Waals surface area contributed by atoms with E-state index in [-0.39, 0.29) is 0 Å². The number of furan rings is 1. The maximum absolute atomic E-state index is 6.29. The van der Waals surface area contributed by atoms with Gasteiger partial charge in [-0.3, -0.25) is 0 Å². The number of anilines is 3. The fraction of sp³-hybridized carbons (Fsp3) is 0. The smallest absolute Gasteiger partial charge is 0.136 e. The van der Waals surface area contributed by atoms with Crippen molar-refractivity contribution in [3.05, 3.63) is 200 Å². The first-order chi connectivity index (χ1) is 24.8. The van der Waals surface area contributed by atoms with Crippen molar-refractivity contribution in [1.29, 1.82) is 0 Å². The molecule has 0 bridgehead atoms. The number of fused-ring (bicyclic) bond motifs is 2. The van der Waals surface area contributed by atoms with E-state index >= 15 is 0 Å². The molecule has 0 amide bonds. The molecule has 50 heavy (non-hydrogen) atoms. The Balaban J connectivity index is 1.11. The van der Waals surface area contributed by atoms with Gasteiger partial charge in [-0.25, -0.2) is 0 Å². The zero-order chi connectivity index (χ0) is 33.3. The molecule has 9 aromatic rings. The Hall–Kier alpha value is -6.64. The standard InChI is InChI=1S/C48H33NO/c1-2-13-35(14-3-1)43-17-7-8-18-44(43)36-23-27-40(28-24-36)49(42-31-22-34-12-4-5-15-38(34)32-42)41-29-25-37(26-30-41)45-19-9-10-20-46(45)48-33-39-16-6-11-21-47(39)50-48/h1-33H. The second kappa shape index (κ2) is 12.8. The minimum atomic E-state index is 0.873. The Kier molecular flexibility index (Phi) is 7.53. The number of nitrogens with zero attached hydrogens (tertiary/aromatic N) is 1. The molecule has 2 nitrogen and oxygen atoms in total. The van der Waals surface area contributed by atoms with Gasteiger partial charge in [0.05, 0.1) is 0 Å². The summed E-state index contributed by atoms with van der Waals surface area (Å²) in [7, 11) is 0. The molecule has 0 radical (unpaired) electrons. The summed E-state index contributed by atoms with van der Waals surface area (Å²) in [5.41, 5.74) is 12.4. The van der Waals surface area contributed by atoms with Gasteiger partial charge in [0, 0.05) is 28.0 Å². The fourth-order valence-corrected chi connectivity index (χ4v) is 7.01. The summed E-state index contributed by atoms with van der Waals surface area (Å²) in [6.07, 6.45) is 0. The molecule has 8 aromatic carbocycles. The van der Waals surface area contributed by atoms with Crippen molar-refractivity contribution in [2.75, 3.05) is 4.90 Å². The van der Waals surface area contributed by atoms with Crippen LogP contribution in [-0.2, 0) is 0 Å². The molecule has 1 heterocycles. The van der Waals surface area contributed by atoms with Crippen LogP contribution in [-0.4, -0.2) is 0 Å². The Labute approximate surface area is 292 Å². The summed E-state index contributed by atoms with van der Waals surface area (Å²) in [4.78, 5) is 2.34. The van der Waals surface area contributed by atoms with Crippen LogP contribution in [0, 0.1) is 0 Å². The van der Waals surface area contributed by atoms with E-state index in [2.05, 4.69) is 187 Å². The van der Waals surface area contributed by atoms with E-state index in [9.17, 15) is 0 Å². The van der Waals surface area contributed by atoms with Gasteiger partial charge in [0.2, 0.25) is 0 Å². The maximum atomic E-state index is 6.29. The molecular weight excluding hydrogens is 607 g/mol. The molecule has 0 aliphatic carbocycles. The van der Waals surface area contributed by atoms with E-state index in [4.69, 9.17) is 4.42 Å². The number of hydrogen-bond donors (Lipinski definition) is 0. The molecule has 236 valence electrons. The van der Waals surface area contributed by atoms with E-state index in [1.807, 2.05) is 18.2 Å². The van der Waals surface area contributed by atoms with E-state index in [1.165, 1.54) is 33.0 Å². The third-order valence-corrected chi connectivity index (χ3v) is 9.49. The molecule has 2 heteroatoms. The Morgan fingerprint density at radius 3 is 1.38 bits per heavy atom. The monoisotopic (exact) mass is 639 g/mol. The lowest BCUT2D eigenvalue weighted by molar-refractivity contribution is 0.632. The lowest BCUT2D eigenvalue weighted by atomic mass is 9.94. The molecule has 0 aliphatic heterocycles. The van der Waals surface area contributed by atoms with E-state index in [0.717, 1.165) is 50.5 Å². The lowest BCUT2D eigenvalue weighted by Crippen LogP contribution is -2.09. The van der Waals surface area contributed by atoms with Gasteiger partial charge in [-0.15, -0.1) is 0 Å². The van der Waals surface area contributed by atoms with E-state index in [1.54, 1.807) is 0 Å². The highest BCUT2D eigenvalue weighted by Crippen LogP contribution is 2.41. The Morgan fingerprint density at radius 2 is 0.760 bits per heavy atom. The van der Waals surface area contributed by atoms with Crippen molar-refractivity contribution in [1.82, 2.24) is 0 Å². The van der Waals surface area contributed by atoms with Crippen LogP contribution < -0.4 is 4.90 Å². The van der Waals surface area contributed by atoms with Crippen LogP contribution in [0.2, 0.25) is 0 Å². The average Bonchev–Trinajstić information content (AvgIpc) is 3.63. The zero-order valence-electron chi connectivity index (χ0n) is 27.4. The van der Waals surface area contributed by atoms with Gasteiger partial charge in [0.15, 0.2) is 0 Å². The highest BCUT2D eigenvalue weighted by Gasteiger charge is 2.16. The van der Waals surface area contributed by atoms with Gasteiger partial charge in [0.25, 0.3) is 0 Å². The normalized spacial score (nSPS) is 11.2. The number of para-hydroxylation sites is 1. The van der Waals surface area contributed by atoms with Crippen LogP contribution in [0.25, 0.3) is 66.4 Å². The summed E-state index contributed by atoms with van der Waals surface area (Å²) in [5, 5.41) is 3.54. The van der Waals surface area contributed by atoms with Crippen LogP contribution in [0.15, 0.2) is 205 Å². The molecule has 9 rings (SSSR count). The van der Waals surface area contributed by atoms with Crippen LogP contribution in [0.5, 0.6) is 0 Å². The molecule has 0 fully saturated rings. The van der Waals surface area contributed by atoms with E-state index < -0.39 is 0 Å². The van der Waals surface area contributed by atoms with Gasteiger partial charge < -0.3 is 9.32 Å². The first-order valence-electron chi connectivity index (χ1n) is 17.0. The largest absolute Gasteiger partial charge is 0.456 e. The van der Waals surface area contributed by atoms with Crippen molar-refractivity contribution in [2.24, 2.45) is 0 Å². The van der Waals surface area contributed by atoms with E-state index in [0.29, 0.717) is 0 Å². The Bertz CT molecular complexity index is 2550. The molecule has 1 aromatic heterocycles. The molecule has 0 saturated heterocycles. The molecular formula is C48H33NO. The molecule has 0 unspecified atom stereocenters. The predicted molar refractivity (Wildman–Crippen MR) is 210 cm³/mol. The van der Waals surface area contributed by atoms with Crippen molar-refractivity contribution >= 4 is 38.8 Å². The summed E-state index contributed by atoms with van der Waals surface area (Å²) in [5.74, 6) is 0.873. The second-order valence-corrected chi connectivity index (χ2v) is 12.6. The summed E-state index contributed by atoms with van der Waals surface area (Å²) < 4.78 is 6.29. The van der Waals surface area contributed by atoms with Gasteiger partial charge in [-0.05, 0) is 92.7 Å². The third kappa shape index (κ3) is 5.53. The first-order valence-corrected chi connectivity index (χ1v) is 17.0. The molecule has 0 saturated carbocycles. The highest BCUT2D eigenvalue weighted by atomic mass is 16.3. The zero-order valence-corrected chi connectivity index (χ0v) is 27.4. The van der Waals surface area contributed by atoms with Crippen molar-refractivity contribution in [2.45, 2.75) is 0 Å². The topological polar surface area (TPSA) is 16.4 Å². The van der Waals surface area contributed by atoms with Crippen molar-refractivity contribution in [3.8, 4) is 44.7 Å². The minimum Gasteiger partial charge on any atom is -0.456 e. The summed E-state index contributed by atoms with van der Waals surface area (Å²) in [6.45, 7) is 0. The predicted octanol–water partition coefficient (Wildman–Crippen LogP) is 13.7. The fourth-order valence-electron chi connectivity index (χ4n) is 7.01. The number of benzene rings is 8. The maximum Gasteiger partial charge on any atom is 0.136 e. The molecule has 0 atom stereocenters. The van der Waals surface area contributed by atoms with Crippen molar-refractivity contribution < 1.29 is 4.42 Å². The first kappa shape index (κ1) is 29.5. The van der Waals surface area contributed by atoms with Crippen LogP contribution in [0.3, 0.4) is 0 Å². The summed E-state index contributed by atoms with van der Waals surface area (Å²) >= 11 is 0. The van der Waals surface area contributed by atoms with Crippen LogP contribution >= 0.6 is 0 Å². The minimum absolute atomic E-state index is 0.873. The van der Waals surface area contributed by atoms with Gasteiger partial charge in [0.1, 0.15) is 11.3 Å². The van der Waals surface area contributed by atoms with Gasteiger partial charge in [-0.1, -0.05) is 152 Å². The molecule has 0 aliphatic rings. The van der Waals surface area contributed by atoms with Crippen LogP contribution in [0.1, 0.15) is 0 Å². The lowest BCUT2D eigenvalue weighted by Gasteiger charge is -2.26. The van der Waals surface area contributed by atoms with Crippen LogP contribution in [0.4, 0.5) is 17.1 Å². The number of hydrogen-bond acceptors (Lipinski definition) is 2. The Morgan fingerprint density at radius 1 is 0.300 bits per heavy atom. The average molecular weight is 640 g/mol. The second-order valence-electron chi connectivity index (χ2n) is 12.6. The number of rotatable bonds is 7. The molecule has 0 N–H and O–H groups in total. The highest BCUT2D eigenvalue weighted by molar-refractivity contribution is 5.92. The quantitative estimate of drug-likeness (QED) is 0.173. The van der Waals surface area contributed by atoms with Gasteiger partial charge in [-0.2, -0.15) is 0 Å². The van der Waals surface area contributed by atoms with Crippen molar-refractivity contribution in [3.63, 3.8) is 0 Å².